The molecule has 2 aromatic carbocycles. The van der Waals surface area contributed by atoms with Crippen molar-refractivity contribution in [1.82, 2.24) is 5.32 Å². The number of benzene rings is 2. The molecule has 2 aliphatic heterocycles. The first kappa shape index (κ1) is 47.6. The van der Waals surface area contributed by atoms with Crippen LogP contribution in [0.1, 0.15) is 159 Å². The predicted octanol–water partition coefficient (Wildman–Crippen LogP) is 11.4. The van der Waals surface area contributed by atoms with E-state index in [9.17, 15) is 14.4 Å². The van der Waals surface area contributed by atoms with Gasteiger partial charge in [0.1, 0.15) is 18.3 Å². The molecule has 2 aromatic rings. The van der Waals surface area contributed by atoms with Gasteiger partial charge in [0, 0.05) is 44.3 Å². The monoisotopic (exact) mass is 805 g/mol. The number of hydrogen-bond acceptors (Lipinski definition) is 4. The van der Waals surface area contributed by atoms with E-state index >= 15 is 0 Å². The minimum absolute atomic E-state index is 0.0119. The summed E-state index contributed by atoms with van der Waals surface area (Å²) in [4.78, 5) is 45.8. The number of rotatable bonds is 21. The van der Waals surface area contributed by atoms with Gasteiger partial charge in [0.2, 0.25) is 5.91 Å². The summed E-state index contributed by atoms with van der Waals surface area (Å²) in [6.45, 7) is 28.9. The normalized spacial score (nSPS) is 19.8. The first-order chi connectivity index (χ1) is 28.0. The third-order valence-electron chi connectivity index (χ3n) is 15.7. The van der Waals surface area contributed by atoms with Gasteiger partial charge < -0.3 is 10.2 Å². The van der Waals surface area contributed by atoms with Gasteiger partial charge in [0.25, 0.3) is 0 Å². The van der Waals surface area contributed by atoms with Crippen LogP contribution in [0.2, 0.25) is 0 Å². The topological polar surface area (TPSA) is 70.9 Å². The number of nitrogens with one attached hydrogen (secondary N) is 2. The Morgan fingerprint density at radius 1 is 0.678 bits per heavy atom. The van der Waals surface area contributed by atoms with E-state index in [4.69, 9.17) is 0 Å². The van der Waals surface area contributed by atoms with Crippen LogP contribution in [0.3, 0.4) is 0 Å². The molecular formula is C53H78N3O3+. The van der Waals surface area contributed by atoms with Crippen LogP contribution in [-0.4, -0.2) is 36.6 Å². The molecule has 322 valence electrons. The second kappa shape index (κ2) is 19.6. The average Bonchev–Trinajstić information content (AvgIpc) is 3.58. The number of nitrogens with zero attached hydrogens (tertiary/aromatic N) is 1. The Morgan fingerprint density at radius 3 is 1.75 bits per heavy atom. The van der Waals surface area contributed by atoms with Crippen molar-refractivity contribution in [1.29, 1.82) is 0 Å². The minimum atomic E-state index is -0.466. The summed E-state index contributed by atoms with van der Waals surface area (Å²) in [7, 11) is 0. The Hall–Kier alpha value is -4.03. The second-order valence-electron chi connectivity index (χ2n) is 18.4. The second-order valence-corrected chi connectivity index (χ2v) is 18.4. The van der Waals surface area contributed by atoms with Crippen molar-refractivity contribution in [2.45, 2.75) is 165 Å². The quantitative estimate of drug-likeness (QED) is 0.123. The van der Waals surface area contributed by atoms with Gasteiger partial charge in [0.15, 0.2) is 11.6 Å². The molecule has 2 atom stereocenters. The molecule has 0 aliphatic carbocycles. The summed E-state index contributed by atoms with van der Waals surface area (Å²) < 4.78 is 0. The molecule has 0 fully saturated rings. The van der Waals surface area contributed by atoms with Crippen LogP contribution in [0.25, 0.3) is 0 Å². The highest BCUT2D eigenvalue weighted by atomic mass is 16.2. The Morgan fingerprint density at radius 2 is 1.19 bits per heavy atom. The summed E-state index contributed by atoms with van der Waals surface area (Å²) in [6.07, 6.45) is 19.7. The van der Waals surface area contributed by atoms with Gasteiger partial charge in [-0.2, -0.15) is 0 Å². The zero-order valence-corrected chi connectivity index (χ0v) is 39.1. The molecule has 0 bridgehead atoms. The van der Waals surface area contributed by atoms with Gasteiger partial charge in [-0.1, -0.05) is 125 Å². The smallest absolute Gasteiger partial charge is 0.230 e. The minimum Gasteiger partial charge on any atom is -0.337 e. The number of hydrogen-bond donors (Lipinski definition) is 2. The lowest BCUT2D eigenvalue weighted by Crippen LogP contribution is -3.12. The van der Waals surface area contributed by atoms with Crippen molar-refractivity contribution < 1.29 is 19.3 Å². The number of para-hydroxylation sites is 2. The van der Waals surface area contributed by atoms with Crippen LogP contribution < -0.4 is 15.1 Å². The fourth-order valence-electron chi connectivity index (χ4n) is 10.5. The zero-order valence-electron chi connectivity index (χ0n) is 39.1. The van der Waals surface area contributed by atoms with Gasteiger partial charge >= 0.3 is 0 Å². The van der Waals surface area contributed by atoms with E-state index in [1.807, 2.05) is 18.2 Å². The van der Waals surface area contributed by atoms with E-state index < -0.39 is 5.41 Å². The Bertz CT molecular complexity index is 1890. The molecule has 0 saturated heterocycles. The summed E-state index contributed by atoms with van der Waals surface area (Å²) in [5, 5.41) is 3.34. The van der Waals surface area contributed by atoms with E-state index in [2.05, 4.69) is 167 Å². The number of Topliss-reactive ketones (excluding diaryl/α,β-unsaturated/α-hetero) is 2. The Kier molecular flexibility index (Phi) is 15.8. The Balaban J connectivity index is 1.79. The number of amides is 1. The van der Waals surface area contributed by atoms with Crippen molar-refractivity contribution in [3.63, 3.8) is 0 Å². The zero-order chi connectivity index (χ0) is 43.8. The number of carbonyl (C=O) groups excluding carboxylic acids is 3. The summed E-state index contributed by atoms with van der Waals surface area (Å²) in [5.41, 5.74) is 4.83. The molecule has 59 heavy (non-hydrogen) atoms. The number of fused-ring (bicyclic) bond motifs is 2. The van der Waals surface area contributed by atoms with Crippen LogP contribution in [0.15, 0.2) is 96.4 Å². The predicted molar refractivity (Wildman–Crippen MR) is 248 cm³/mol. The molecule has 4 rings (SSSR count). The maximum Gasteiger partial charge on any atom is 0.230 e. The number of anilines is 1. The molecule has 2 unspecified atom stereocenters. The van der Waals surface area contributed by atoms with Gasteiger partial charge in [0.05, 0.1) is 12.0 Å². The van der Waals surface area contributed by atoms with Crippen LogP contribution >= 0.6 is 0 Å². The third kappa shape index (κ3) is 9.04. The number of quaternary nitrogens is 1. The van der Waals surface area contributed by atoms with E-state index in [-0.39, 0.29) is 39.4 Å². The van der Waals surface area contributed by atoms with Crippen molar-refractivity contribution in [2.75, 3.05) is 18.0 Å². The molecule has 0 aromatic heterocycles. The SMILES string of the molecule is CCC(CC)(CC)C(=O)CN1/C(=C/C=C/C(=C/C=C/C2[NH+](CC(=O)C(CC)(CC)CC)c3ccccc3C2(C)C)NC(=O)C(CC)(CC)CC)C(C)(C)c2ccccc21. The largest absolute Gasteiger partial charge is 0.337 e. The van der Waals surface area contributed by atoms with E-state index in [0.29, 0.717) is 24.6 Å². The number of carbonyl (C=O) groups is 3. The molecule has 2 heterocycles. The maximum atomic E-state index is 14.1. The van der Waals surface area contributed by atoms with Gasteiger partial charge in [-0.3, -0.25) is 19.3 Å². The highest BCUT2D eigenvalue weighted by molar-refractivity contribution is 5.91. The van der Waals surface area contributed by atoms with Crippen molar-refractivity contribution >= 4 is 28.8 Å². The molecule has 0 saturated carbocycles. The van der Waals surface area contributed by atoms with Crippen molar-refractivity contribution in [2.24, 2.45) is 16.2 Å². The lowest BCUT2D eigenvalue weighted by Gasteiger charge is -2.33. The van der Waals surface area contributed by atoms with Gasteiger partial charge in [-0.05, 0) is 114 Å². The third-order valence-corrected chi connectivity index (χ3v) is 15.7. The number of ketones is 2. The molecule has 0 spiro atoms. The van der Waals surface area contributed by atoms with Crippen LogP contribution in [0.4, 0.5) is 11.4 Å². The molecule has 2 N–H and O–H groups in total. The molecule has 1 amide bonds. The highest BCUT2D eigenvalue weighted by Gasteiger charge is 2.50. The summed E-state index contributed by atoms with van der Waals surface area (Å²) in [5.74, 6) is 0.636. The molecule has 6 heteroatoms. The van der Waals surface area contributed by atoms with Gasteiger partial charge in [-0.15, -0.1) is 0 Å². The first-order valence-electron chi connectivity index (χ1n) is 23.0. The summed E-state index contributed by atoms with van der Waals surface area (Å²) in [6, 6.07) is 17.0. The average molecular weight is 805 g/mol. The van der Waals surface area contributed by atoms with Crippen LogP contribution in [0.5, 0.6) is 0 Å². The standard InChI is InChI=1S/C53H77N3O3/c1-14-51(15-2,16-3)46(57)37-55-42-33-25-23-31-40(42)49(10,11)44(55)35-27-29-39(54-48(59)53(20-7,21-8)22-9)30-28-36-45-50(12,13)41-32-24-26-34-43(41)56(45)38-47(58)52(17-4,18-5)19-6/h23-36,44H,14-22,37-38H2,1-13H3,(H,54,59)/p+1/b30-28+,35-27+,39-29-,45-36+. The van der Waals surface area contributed by atoms with E-state index in [0.717, 1.165) is 69.2 Å². The van der Waals surface area contributed by atoms with E-state index in [1.165, 1.54) is 21.7 Å². The highest BCUT2D eigenvalue weighted by Crippen LogP contribution is 2.48. The van der Waals surface area contributed by atoms with Gasteiger partial charge in [-0.25, -0.2) is 0 Å². The van der Waals surface area contributed by atoms with Crippen molar-refractivity contribution in [3.8, 4) is 0 Å². The van der Waals surface area contributed by atoms with E-state index in [1.54, 1.807) is 0 Å². The lowest BCUT2D eigenvalue weighted by atomic mass is 9.75. The fraction of sp³-hybridized carbons (Fsp3) is 0.566. The Labute approximate surface area is 358 Å². The van der Waals surface area contributed by atoms with Crippen LogP contribution in [-0.2, 0) is 25.2 Å². The molecule has 0 radical (unpaired) electrons. The molecule has 6 nitrogen and oxygen atoms in total. The maximum absolute atomic E-state index is 14.1. The van der Waals surface area contributed by atoms with Crippen molar-refractivity contribution in [3.05, 3.63) is 108 Å². The first-order valence-corrected chi connectivity index (χ1v) is 23.0. The molecular weight excluding hydrogens is 727 g/mol. The fourth-order valence-corrected chi connectivity index (χ4v) is 10.5. The lowest BCUT2D eigenvalue weighted by molar-refractivity contribution is -0.842. The summed E-state index contributed by atoms with van der Waals surface area (Å²) >= 11 is 0. The molecule has 2 aliphatic rings. The number of allylic oxidation sites excluding steroid dienone is 6. The van der Waals surface area contributed by atoms with Crippen LogP contribution in [0, 0.1) is 16.2 Å².